The van der Waals surface area contributed by atoms with Crippen LogP contribution in [0.2, 0.25) is 0 Å². The summed E-state index contributed by atoms with van der Waals surface area (Å²) in [6.45, 7) is 2.84. The van der Waals surface area contributed by atoms with Gasteiger partial charge in [0.1, 0.15) is 5.01 Å². The van der Waals surface area contributed by atoms with Gasteiger partial charge in [0.15, 0.2) is 0 Å². The molecule has 0 amide bonds. The van der Waals surface area contributed by atoms with Crippen molar-refractivity contribution in [1.82, 2.24) is 4.98 Å². The van der Waals surface area contributed by atoms with E-state index < -0.39 is 5.54 Å². The van der Waals surface area contributed by atoms with Crippen LogP contribution in [0.15, 0.2) is 11.6 Å². The number of hydrogen-bond donors (Lipinski definition) is 1. The monoisotopic (exact) mass is 198 g/mol. The maximum atomic E-state index is 6.21. The van der Waals surface area contributed by atoms with Crippen LogP contribution in [0.5, 0.6) is 0 Å². The van der Waals surface area contributed by atoms with Gasteiger partial charge in [0.05, 0.1) is 11.6 Å². The molecule has 13 heavy (non-hydrogen) atoms. The van der Waals surface area contributed by atoms with Crippen molar-refractivity contribution >= 4 is 11.3 Å². The molecular weight excluding hydrogens is 184 g/mol. The zero-order chi connectivity index (χ0) is 9.31. The van der Waals surface area contributed by atoms with Gasteiger partial charge in [-0.3, -0.25) is 0 Å². The van der Waals surface area contributed by atoms with E-state index in [1.807, 2.05) is 12.3 Å². The smallest absolute Gasteiger partial charge is 0.115 e. The van der Waals surface area contributed by atoms with Crippen LogP contribution in [0.25, 0.3) is 0 Å². The van der Waals surface area contributed by atoms with Gasteiger partial charge >= 0.3 is 0 Å². The van der Waals surface area contributed by atoms with E-state index >= 15 is 0 Å². The normalized spacial score (nSPS) is 27.4. The van der Waals surface area contributed by atoms with E-state index in [9.17, 15) is 0 Å². The number of aromatic nitrogens is 1. The first-order chi connectivity index (χ1) is 6.21. The minimum atomic E-state index is -0.412. The Morgan fingerprint density at radius 2 is 2.62 bits per heavy atom. The standard InChI is InChI=1S/C9H14N2OS/c1-9(10,7-3-2-5-12-7)8-11-4-6-13-8/h4,6-7H,2-3,5,10H2,1H3. The van der Waals surface area contributed by atoms with Crippen LogP contribution in [-0.4, -0.2) is 17.7 Å². The molecule has 4 heteroatoms. The van der Waals surface area contributed by atoms with Crippen LogP contribution >= 0.6 is 11.3 Å². The molecule has 72 valence electrons. The lowest BCUT2D eigenvalue weighted by Gasteiger charge is -2.28. The summed E-state index contributed by atoms with van der Waals surface area (Å²) in [5.74, 6) is 0. The van der Waals surface area contributed by atoms with Crippen LogP contribution in [-0.2, 0) is 10.3 Å². The minimum Gasteiger partial charge on any atom is -0.376 e. The molecule has 2 unspecified atom stereocenters. The summed E-state index contributed by atoms with van der Waals surface area (Å²) < 4.78 is 5.58. The molecule has 0 saturated carbocycles. The summed E-state index contributed by atoms with van der Waals surface area (Å²) in [5.41, 5.74) is 5.80. The maximum Gasteiger partial charge on any atom is 0.115 e. The Morgan fingerprint density at radius 1 is 1.77 bits per heavy atom. The molecule has 1 aromatic heterocycles. The van der Waals surface area contributed by atoms with Gasteiger partial charge in [0.25, 0.3) is 0 Å². The Hall–Kier alpha value is -0.450. The van der Waals surface area contributed by atoms with Gasteiger partial charge in [-0.1, -0.05) is 0 Å². The quantitative estimate of drug-likeness (QED) is 0.783. The fraction of sp³-hybridized carbons (Fsp3) is 0.667. The van der Waals surface area contributed by atoms with Gasteiger partial charge in [-0.25, -0.2) is 4.98 Å². The number of nitrogens with two attached hydrogens (primary N) is 1. The third kappa shape index (κ3) is 1.61. The molecule has 1 fully saturated rings. The largest absolute Gasteiger partial charge is 0.376 e. The molecule has 1 aliphatic heterocycles. The third-order valence-corrected chi connectivity index (χ3v) is 3.52. The van der Waals surface area contributed by atoms with Gasteiger partial charge in [0, 0.05) is 18.2 Å². The summed E-state index contributed by atoms with van der Waals surface area (Å²) in [6, 6.07) is 0. The zero-order valence-electron chi connectivity index (χ0n) is 7.69. The van der Waals surface area contributed by atoms with Crippen molar-refractivity contribution in [2.24, 2.45) is 5.73 Å². The Balaban J connectivity index is 2.19. The van der Waals surface area contributed by atoms with E-state index in [2.05, 4.69) is 4.98 Å². The second kappa shape index (κ2) is 3.36. The van der Waals surface area contributed by atoms with Crippen LogP contribution in [0.1, 0.15) is 24.8 Å². The van der Waals surface area contributed by atoms with Crippen molar-refractivity contribution < 1.29 is 4.74 Å². The lowest BCUT2D eigenvalue weighted by molar-refractivity contribution is 0.0520. The Morgan fingerprint density at radius 3 is 3.15 bits per heavy atom. The molecule has 2 rings (SSSR count). The molecule has 2 N–H and O–H groups in total. The highest BCUT2D eigenvalue weighted by Crippen LogP contribution is 2.31. The first-order valence-electron chi connectivity index (χ1n) is 4.51. The molecule has 0 radical (unpaired) electrons. The van der Waals surface area contributed by atoms with Gasteiger partial charge in [-0.15, -0.1) is 11.3 Å². The van der Waals surface area contributed by atoms with Crippen molar-refractivity contribution in [3.8, 4) is 0 Å². The van der Waals surface area contributed by atoms with Crippen molar-refractivity contribution in [2.75, 3.05) is 6.61 Å². The fourth-order valence-corrected chi connectivity index (χ4v) is 2.44. The van der Waals surface area contributed by atoms with Crippen LogP contribution in [0.4, 0.5) is 0 Å². The average molecular weight is 198 g/mol. The Labute approximate surface area is 81.9 Å². The van der Waals surface area contributed by atoms with Gasteiger partial charge in [-0.05, 0) is 19.8 Å². The van der Waals surface area contributed by atoms with Gasteiger partial charge in [-0.2, -0.15) is 0 Å². The van der Waals surface area contributed by atoms with E-state index in [-0.39, 0.29) is 6.10 Å². The first kappa shape index (κ1) is 9.12. The van der Waals surface area contributed by atoms with Crippen molar-refractivity contribution in [2.45, 2.75) is 31.4 Å². The second-order valence-corrected chi connectivity index (χ2v) is 4.52. The average Bonchev–Trinajstić information content (AvgIpc) is 2.78. The summed E-state index contributed by atoms with van der Waals surface area (Å²) in [5, 5.41) is 2.93. The molecule has 0 aromatic carbocycles. The molecular formula is C9H14N2OS. The predicted molar refractivity (Wildman–Crippen MR) is 52.6 cm³/mol. The summed E-state index contributed by atoms with van der Waals surface area (Å²) in [6.07, 6.45) is 4.09. The third-order valence-electron chi connectivity index (χ3n) is 2.49. The fourth-order valence-electron chi connectivity index (χ4n) is 1.68. The predicted octanol–water partition coefficient (Wildman–Crippen LogP) is 1.50. The second-order valence-electron chi connectivity index (χ2n) is 3.62. The highest BCUT2D eigenvalue weighted by atomic mass is 32.1. The molecule has 1 aromatic rings. The molecule has 3 nitrogen and oxygen atoms in total. The van der Waals surface area contributed by atoms with Crippen LogP contribution in [0, 0.1) is 0 Å². The van der Waals surface area contributed by atoms with E-state index in [0.29, 0.717) is 0 Å². The van der Waals surface area contributed by atoms with E-state index in [4.69, 9.17) is 10.5 Å². The van der Waals surface area contributed by atoms with Crippen LogP contribution < -0.4 is 5.73 Å². The highest BCUT2D eigenvalue weighted by molar-refractivity contribution is 7.09. The van der Waals surface area contributed by atoms with Crippen molar-refractivity contribution in [3.63, 3.8) is 0 Å². The van der Waals surface area contributed by atoms with E-state index in [1.54, 1.807) is 17.5 Å². The number of rotatable bonds is 2. The summed E-state index contributed by atoms with van der Waals surface area (Å²) >= 11 is 1.60. The van der Waals surface area contributed by atoms with Gasteiger partial charge in [0.2, 0.25) is 0 Å². The summed E-state index contributed by atoms with van der Waals surface area (Å²) in [7, 11) is 0. The molecule has 1 saturated heterocycles. The number of nitrogens with zero attached hydrogens (tertiary/aromatic N) is 1. The Bertz CT molecular complexity index is 265. The van der Waals surface area contributed by atoms with Crippen LogP contribution in [0.3, 0.4) is 0 Å². The lowest BCUT2D eigenvalue weighted by Crippen LogP contribution is -2.44. The number of hydrogen-bond acceptors (Lipinski definition) is 4. The Kier molecular flexibility index (Phi) is 2.36. The number of ether oxygens (including phenoxy) is 1. The lowest BCUT2D eigenvalue weighted by atomic mass is 9.95. The van der Waals surface area contributed by atoms with E-state index in [0.717, 1.165) is 24.5 Å². The molecule has 2 heterocycles. The van der Waals surface area contributed by atoms with E-state index in [1.165, 1.54) is 0 Å². The molecule has 2 atom stereocenters. The number of thiazole rings is 1. The molecule has 0 spiro atoms. The first-order valence-corrected chi connectivity index (χ1v) is 5.39. The highest BCUT2D eigenvalue weighted by Gasteiger charge is 2.37. The molecule has 0 aliphatic carbocycles. The topological polar surface area (TPSA) is 48.1 Å². The van der Waals surface area contributed by atoms with Crippen molar-refractivity contribution in [3.05, 3.63) is 16.6 Å². The zero-order valence-corrected chi connectivity index (χ0v) is 8.51. The SMILES string of the molecule is CC(N)(c1nccs1)C1CCCO1. The molecule has 0 bridgehead atoms. The van der Waals surface area contributed by atoms with Crippen molar-refractivity contribution in [1.29, 1.82) is 0 Å². The summed E-state index contributed by atoms with van der Waals surface area (Å²) in [4.78, 5) is 4.25. The minimum absolute atomic E-state index is 0.138. The maximum absolute atomic E-state index is 6.21. The van der Waals surface area contributed by atoms with Gasteiger partial charge < -0.3 is 10.5 Å². The molecule has 1 aliphatic rings.